The van der Waals surface area contributed by atoms with Gasteiger partial charge in [0, 0.05) is 0 Å². The van der Waals surface area contributed by atoms with E-state index >= 15 is 0 Å². The van der Waals surface area contributed by atoms with Crippen LogP contribution in [-0.4, -0.2) is 0 Å². The average molecular weight is 338 g/mol. The number of hydrogen-bond donors (Lipinski definition) is 0. The van der Waals surface area contributed by atoms with Gasteiger partial charge in [0.25, 0.3) is 0 Å². The van der Waals surface area contributed by atoms with Crippen molar-refractivity contribution in [2.24, 2.45) is 0 Å². The van der Waals surface area contributed by atoms with E-state index in [2.05, 4.69) is 100 Å². The topological polar surface area (TPSA) is 0 Å². The molecule has 0 aliphatic heterocycles. The molecule has 0 aliphatic carbocycles. The van der Waals surface area contributed by atoms with Crippen LogP contribution < -0.4 is 0 Å². The van der Waals surface area contributed by atoms with E-state index in [1.165, 1.54) is 43.8 Å². The summed E-state index contributed by atoms with van der Waals surface area (Å²) in [5, 5.41) is 5.44. The molecule has 0 amide bonds. The van der Waals surface area contributed by atoms with Crippen LogP contribution in [0.15, 0.2) is 72.8 Å². The molecule has 0 fully saturated rings. The van der Waals surface area contributed by atoms with Crippen molar-refractivity contribution >= 4 is 21.5 Å². The molecule has 26 heavy (non-hydrogen) atoms. The molecule has 0 unspecified atom stereocenters. The first kappa shape index (κ1) is 16.8. The summed E-state index contributed by atoms with van der Waals surface area (Å²) in [7, 11) is 0. The summed E-state index contributed by atoms with van der Waals surface area (Å²) in [6.07, 6.45) is 0. The maximum absolute atomic E-state index is 2.42. The summed E-state index contributed by atoms with van der Waals surface area (Å²) in [6, 6.07) is 27.0. The Bertz CT molecular complexity index is 1080. The van der Waals surface area contributed by atoms with E-state index in [1.54, 1.807) is 0 Å². The Hall–Kier alpha value is -2.60. The van der Waals surface area contributed by atoms with Crippen LogP contribution in [0.3, 0.4) is 0 Å². The SMILES string of the molecule is CC(C)c1cccc(-c2cccc3c2cc(C(C)C)c2ccccc23)c1. The molecule has 0 heterocycles. The van der Waals surface area contributed by atoms with Crippen molar-refractivity contribution < 1.29 is 0 Å². The Balaban J connectivity index is 2.07. The second-order valence-corrected chi connectivity index (χ2v) is 7.85. The number of fused-ring (bicyclic) bond motifs is 3. The predicted molar refractivity (Wildman–Crippen MR) is 115 cm³/mol. The van der Waals surface area contributed by atoms with Gasteiger partial charge in [0.15, 0.2) is 0 Å². The molecule has 0 spiro atoms. The molecule has 0 saturated carbocycles. The van der Waals surface area contributed by atoms with Crippen LogP contribution >= 0.6 is 0 Å². The zero-order valence-corrected chi connectivity index (χ0v) is 16.1. The highest BCUT2D eigenvalue weighted by Crippen LogP contribution is 2.37. The largest absolute Gasteiger partial charge is 0.0616 e. The zero-order chi connectivity index (χ0) is 18.3. The van der Waals surface area contributed by atoms with Crippen molar-refractivity contribution in [3.05, 3.63) is 83.9 Å². The lowest BCUT2D eigenvalue weighted by Gasteiger charge is -2.16. The van der Waals surface area contributed by atoms with Gasteiger partial charge in [0.2, 0.25) is 0 Å². The highest BCUT2D eigenvalue weighted by Gasteiger charge is 2.13. The second kappa shape index (κ2) is 6.61. The molecule has 0 aromatic heterocycles. The van der Waals surface area contributed by atoms with E-state index in [0.29, 0.717) is 11.8 Å². The molecule has 0 heteroatoms. The Morgan fingerprint density at radius 2 is 1.19 bits per heavy atom. The van der Waals surface area contributed by atoms with E-state index in [-0.39, 0.29) is 0 Å². The first-order valence-electron chi connectivity index (χ1n) is 9.61. The fraction of sp³-hybridized carbons (Fsp3) is 0.231. The monoisotopic (exact) mass is 338 g/mol. The Morgan fingerprint density at radius 3 is 1.92 bits per heavy atom. The quantitative estimate of drug-likeness (QED) is 0.333. The van der Waals surface area contributed by atoms with Gasteiger partial charge >= 0.3 is 0 Å². The van der Waals surface area contributed by atoms with Crippen molar-refractivity contribution in [3.63, 3.8) is 0 Å². The second-order valence-electron chi connectivity index (χ2n) is 7.85. The fourth-order valence-corrected chi connectivity index (χ4v) is 3.95. The van der Waals surface area contributed by atoms with Crippen LogP contribution in [0.1, 0.15) is 50.7 Å². The van der Waals surface area contributed by atoms with Crippen LogP contribution in [0.4, 0.5) is 0 Å². The smallest absolute Gasteiger partial charge is 0.00961 e. The first-order chi connectivity index (χ1) is 12.6. The average Bonchev–Trinajstić information content (AvgIpc) is 2.66. The van der Waals surface area contributed by atoms with Gasteiger partial charge in [-0.25, -0.2) is 0 Å². The van der Waals surface area contributed by atoms with Crippen LogP contribution in [0.5, 0.6) is 0 Å². The minimum Gasteiger partial charge on any atom is -0.0616 e. The van der Waals surface area contributed by atoms with Crippen LogP contribution in [-0.2, 0) is 0 Å². The van der Waals surface area contributed by atoms with Gasteiger partial charge in [-0.15, -0.1) is 0 Å². The van der Waals surface area contributed by atoms with Gasteiger partial charge in [-0.05, 0) is 61.7 Å². The highest BCUT2D eigenvalue weighted by atomic mass is 14.2. The number of hydrogen-bond acceptors (Lipinski definition) is 0. The lowest BCUT2D eigenvalue weighted by molar-refractivity contribution is 0.867. The van der Waals surface area contributed by atoms with E-state index in [4.69, 9.17) is 0 Å². The number of rotatable bonds is 3. The van der Waals surface area contributed by atoms with Crippen molar-refractivity contribution in [3.8, 4) is 11.1 Å². The molecule has 4 rings (SSSR count). The number of benzene rings is 4. The minimum atomic E-state index is 0.499. The van der Waals surface area contributed by atoms with E-state index in [9.17, 15) is 0 Å². The van der Waals surface area contributed by atoms with Gasteiger partial charge in [-0.3, -0.25) is 0 Å². The fourth-order valence-electron chi connectivity index (χ4n) is 3.95. The molecule has 0 bridgehead atoms. The lowest BCUT2D eigenvalue weighted by Crippen LogP contribution is -1.93. The highest BCUT2D eigenvalue weighted by molar-refractivity contribution is 6.13. The van der Waals surface area contributed by atoms with Crippen molar-refractivity contribution in [2.45, 2.75) is 39.5 Å². The van der Waals surface area contributed by atoms with Gasteiger partial charge < -0.3 is 0 Å². The Morgan fingerprint density at radius 1 is 0.538 bits per heavy atom. The van der Waals surface area contributed by atoms with Crippen molar-refractivity contribution in [2.75, 3.05) is 0 Å². The van der Waals surface area contributed by atoms with E-state index in [0.717, 1.165) is 0 Å². The summed E-state index contributed by atoms with van der Waals surface area (Å²) in [4.78, 5) is 0. The molecule has 0 nitrogen and oxygen atoms in total. The Labute approximate surface area is 156 Å². The molecule has 0 saturated heterocycles. The maximum Gasteiger partial charge on any atom is -0.00961 e. The van der Waals surface area contributed by atoms with Gasteiger partial charge in [0.1, 0.15) is 0 Å². The third kappa shape index (κ3) is 2.80. The molecule has 0 atom stereocenters. The molecule has 4 aromatic carbocycles. The maximum atomic E-state index is 2.42. The molecule has 0 radical (unpaired) electrons. The van der Waals surface area contributed by atoms with Crippen LogP contribution in [0.25, 0.3) is 32.7 Å². The van der Waals surface area contributed by atoms with E-state index < -0.39 is 0 Å². The summed E-state index contributed by atoms with van der Waals surface area (Å²) in [6.45, 7) is 9.09. The summed E-state index contributed by atoms with van der Waals surface area (Å²) < 4.78 is 0. The summed E-state index contributed by atoms with van der Waals surface area (Å²) >= 11 is 0. The minimum absolute atomic E-state index is 0.499. The van der Waals surface area contributed by atoms with Gasteiger partial charge in [-0.1, -0.05) is 94.4 Å². The van der Waals surface area contributed by atoms with Crippen molar-refractivity contribution in [1.29, 1.82) is 0 Å². The molecule has 4 aromatic rings. The molecular formula is C26H26. The van der Waals surface area contributed by atoms with E-state index in [1.807, 2.05) is 0 Å². The van der Waals surface area contributed by atoms with Crippen LogP contribution in [0, 0.1) is 0 Å². The third-order valence-corrected chi connectivity index (χ3v) is 5.42. The molecule has 0 aliphatic rings. The van der Waals surface area contributed by atoms with Crippen molar-refractivity contribution in [1.82, 2.24) is 0 Å². The van der Waals surface area contributed by atoms with Crippen LogP contribution in [0.2, 0.25) is 0 Å². The van der Waals surface area contributed by atoms with Gasteiger partial charge in [-0.2, -0.15) is 0 Å². The molecule has 0 N–H and O–H groups in total. The summed E-state index contributed by atoms with van der Waals surface area (Å²) in [5.74, 6) is 1.04. The van der Waals surface area contributed by atoms with Gasteiger partial charge in [0.05, 0.1) is 0 Å². The normalized spacial score (nSPS) is 11.8. The predicted octanol–water partition coefficient (Wildman–Crippen LogP) is 7.91. The molecular weight excluding hydrogens is 312 g/mol. The molecule has 130 valence electrons. The standard InChI is InChI=1S/C26H26/c1-17(2)19-9-7-10-20(15-19)21-13-8-14-24-22-11-5-6-12-23(22)25(18(3)4)16-26(21)24/h5-18H,1-4H3. The Kier molecular flexibility index (Phi) is 4.28. The summed E-state index contributed by atoms with van der Waals surface area (Å²) in [5.41, 5.74) is 5.47. The third-order valence-electron chi connectivity index (χ3n) is 5.42. The lowest BCUT2D eigenvalue weighted by atomic mass is 9.88. The first-order valence-corrected chi connectivity index (χ1v) is 9.61. The zero-order valence-electron chi connectivity index (χ0n) is 16.1.